The Labute approximate surface area is 126 Å². The first kappa shape index (κ1) is 15.5. The lowest BCUT2D eigenvalue weighted by molar-refractivity contribution is 0.0742. The van der Waals surface area contributed by atoms with Crippen LogP contribution in [0.4, 0.5) is 5.95 Å². The van der Waals surface area contributed by atoms with E-state index in [1.165, 1.54) is 0 Å². The molecule has 0 fully saturated rings. The van der Waals surface area contributed by atoms with Crippen LogP contribution in [0.25, 0.3) is 0 Å². The lowest BCUT2D eigenvalue weighted by Crippen LogP contribution is -2.36. The number of unbranched alkanes of at least 4 members (excludes halogenated alkanes) is 1. The van der Waals surface area contributed by atoms with E-state index in [0.717, 1.165) is 25.0 Å². The van der Waals surface area contributed by atoms with Gasteiger partial charge in [-0.15, -0.1) is 0 Å². The van der Waals surface area contributed by atoms with Crippen molar-refractivity contribution in [2.75, 3.05) is 25.5 Å². The van der Waals surface area contributed by atoms with Crippen molar-refractivity contribution in [3.05, 3.63) is 29.6 Å². The summed E-state index contributed by atoms with van der Waals surface area (Å²) in [6, 6.07) is 0.213. The van der Waals surface area contributed by atoms with Crippen molar-refractivity contribution in [1.29, 1.82) is 0 Å². The molecule has 2 heterocycles. The number of nitrogens with zero attached hydrogens (tertiary/aromatic N) is 4. The maximum atomic E-state index is 12.7. The predicted octanol–water partition coefficient (Wildman–Crippen LogP) is 2.42. The van der Waals surface area contributed by atoms with Gasteiger partial charge < -0.3 is 9.80 Å². The maximum Gasteiger partial charge on any atom is 0.258 e. The Balaban J connectivity index is 2.16. The molecule has 0 saturated carbocycles. The quantitative estimate of drug-likeness (QED) is 0.781. The second kappa shape index (κ2) is 6.70. The van der Waals surface area contributed by atoms with Crippen LogP contribution in [0, 0.1) is 6.92 Å². The third kappa shape index (κ3) is 3.40. The summed E-state index contributed by atoms with van der Waals surface area (Å²) in [4.78, 5) is 25.1. The minimum Gasteiger partial charge on any atom is -0.347 e. The highest BCUT2D eigenvalue weighted by molar-refractivity contribution is 5.95. The van der Waals surface area contributed by atoms with Gasteiger partial charge in [0, 0.05) is 26.8 Å². The topological polar surface area (TPSA) is 49.3 Å². The summed E-state index contributed by atoms with van der Waals surface area (Å²) in [5.41, 5.74) is 1.34. The fourth-order valence-electron chi connectivity index (χ4n) is 2.50. The summed E-state index contributed by atoms with van der Waals surface area (Å²) < 4.78 is 0. The molecular formula is C16H24N4O. The molecule has 5 nitrogen and oxygen atoms in total. The third-order valence-electron chi connectivity index (χ3n) is 3.77. The molecule has 0 aliphatic carbocycles. The van der Waals surface area contributed by atoms with Crippen molar-refractivity contribution in [2.45, 2.75) is 39.2 Å². The molecular weight excluding hydrogens is 264 g/mol. The van der Waals surface area contributed by atoms with E-state index in [0.29, 0.717) is 18.1 Å². The Bertz CT molecular complexity index is 539. The number of carbonyl (C=O) groups excluding carboxylic acids is 1. The third-order valence-corrected chi connectivity index (χ3v) is 3.77. The van der Waals surface area contributed by atoms with Crippen molar-refractivity contribution in [3.63, 3.8) is 0 Å². The first-order chi connectivity index (χ1) is 10.0. The van der Waals surface area contributed by atoms with Gasteiger partial charge in [0.2, 0.25) is 5.95 Å². The minimum absolute atomic E-state index is 0.0314. The van der Waals surface area contributed by atoms with E-state index < -0.39 is 0 Å². The van der Waals surface area contributed by atoms with Gasteiger partial charge in [0.1, 0.15) is 0 Å². The second-order valence-electron chi connectivity index (χ2n) is 5.66. The highest BCUT2D eigenvalue weighted by Gasteiger charge is 2.26. The summed E-state index contributed by atoms with van der Waals surface area (Å²) in [6.07, 6.45) is 9.16. The van der Waals surface area contributed by atoms with E-state index in [4.69, 9.17) is 0 Å². The molecule has 1 aliphatic heterocycles. The summed E-state index contributed by atoms with van der Waals surface area (Å²) in [6.45, 7) is 4.72. The van der Waals surface area contributed by atoms with Crippen molar-refractivity contribution in [1.82, 2.24) is 14.9 Å². The minimum atomic E-state index is 0.0314. The fraction of sp³-hybridized carbons (Fsp3) is 0.562. The van der Waals surface area contributed by atoms with Crippen molar-refractivity contribution in [2.24, 2.45) is 0 Å². The molecule has 21 heavy (non-hydrogen) atoms. The van der Waals surface area contributed by atoms with Gasteiger partial charge in [-0.1, -0.05) is 31.9 Å². The van der Waals surface area contributed by atoms with Crippen LogP contribution in [-0.4, -0.2) is 47.5 Å². The molecule has 1 aliphatic rings. The van der Waals surface area contributed by atoms with Gasteiger partial charge in [-0.3, -0.25) is 4.79 Å². The Kier molecular flexibility index (Phi) is 4.94. The van der Waals surface area contributed by atoms with Crippen LogP contribution in [0.5, 0.6) is 0 Å². The van der Waals surface area contributed by atoms with Gasteiger partial charge in [0.25, 0.3) is 5.91 Å². The van der Waals surface area contributed by atoms with Gasteiger partial charge in [0.05, 0.1) is 17.3 Å². The van der Waals surface area contributed by atoms with Crippen molar-refractivity contribution >= 4 is 11.9 Å². The van der Waals surface area contributed by atoms with Crippen LogP contribution in [0.2, 0.25) is 0 Å². The lowest BCUT2D eigenvalue weighted by atomic mass is 10.1. The SMILES string of the molecule is CCCC[C@H]1C=CCN1C(=O)c1cnc(N(C)C)nc1C. The van der Waals surface area contributed by atoms with E-state index in [9.17, 15) is 4.79 Å². The molecule has 0 saturated heterocycles. The van der Waals surface area contributed by atoms with E-state index in [-0.39, 0.29) is 11.9 Å². The number of carbonyl (C=O) groups is 1. The Morgan fingerprint density at radius 2 is 2.24 bits per heavy atom. The van der Waals surface area contributed by atoms with Gasteiger partial charge >= 0.3 is 0 Å². The number of anilines is 1. The van der Waals surface area contributed by atoms with Crippen molar-refractivity contribution < 1.29 is 4.79 Å². The van der Waals surface area contributed by atoms with Crippen LogP contribution in [0.1, 0.15) is 42.2 Å². The molecule has 1 atom stereocenters. The van der Waals surface area contributed by atoms with Crippen LogP contribution in [0.15, 0.2) is 18.3 Å². The highest BCUT2D eigenvalue weighted by Crippen LogP contribution is 2.20. The number of amides is 1. The molecule has 1 aromatic rings. The zero-order chi connectivity index (χ0) is 15.4. The molecule has 2 rings (SSSR count). The Morgan fingerprint density at radius 3 is 2.86 bits per heavy atom. The average molecular weight is 288 g/mol. The number of hydrogen-bond acceptors (Lipinski definition) is 4. The molecule has 0 spiro atoms. The van der Waals surface area contributed by atoms with E-state index >= 15 is 0 Å². The summed E-state index contributed by atoms with van der Waals surface area (Å²) >= 11 is 0. The molecule has 114 valence electrons. The van der Waals surface area contributed by atoms with Gasteiger partial charge in [-0.25, -0.2) is 9.97 Å². The molecule has 0 bridgehead atoms. The summed E-state index contributed by atoms with van der Waals surface area (Å²) in [5, 5.41) is 0. The van der Waals surface area contributed by atoms with Gasteiger partial charge in [0.15, 0.2) is 0 Å². The molecule has 1 amide bonds. The second-order valence-corrected chi connectivity index (χ2v) is 5.66. The molecule has 5 heteroatoms. The van der Waals surface area contributed by atoms with E-state index in [2.05, 4.69) is 29.0 Å². The summed E-state index contributed by atoms with van der Waals surface area (Å²) in [5.74, 6) is 0.662. The smallest absolute Gasteiger partial charge is 0.258 e. The number of rotatable bonds is 5. The van der Waals surface area contributed by atoms with Crippen LogP contribution in [-0.2, 0) is 0 Å². The van der Waals surface area contributed by atoms with Crippen molar-refractivity contribution in [3.8, 4) is 0 Å². The molecule has 0 unspecified atom stereocenters. The fourth-order valence-corrected chi connectivity index (χ4v) is 2.50. The first-order valence-corrected chi connectivity index (χ1v) is 7.53. The number of aryl methyl sites for hydroxylation is 1. The molecule has 0 radical (unpaired) electrons. The average Bonchev–Trinajstić information content (AvgIpc) is 2.92. The normalized spacial score (nSPS) is 17.3. The van der Waals surface area contributed by atoms with Crippen LogP contribution >= 0.6 is 0 Å². The Morgan fingerprint density at radius 1 is 1.48 bits per heavy atom. The van der Waals surface area contributed by atoms with E-state index in [1.54, 1.807) is 6.20 Å². The van der Waals surface area contributed by atoms with Crippen LogP contribution in [0.3, 0.4) is 0 Å². The zero-order valence-electron chi connectivity index (χ0n) is 13.3. The maximum absolute atomic E-state index is 12.7. The number of hydrogen-bond donors (Lipinski definition) is 0. The first-order valence-electron chi connectivity index (χ1n) is 7.53. The monoisotopic (exact) mass is 288 g/mol. The number of aromatic nitrogens is 2. The zero-order valence-corrected chi connectivity index (χ0v) is 13.3. The van der Waals surface area contributed by atoms with E-state index in [1.807, 2.05) is 30.8 Å². The Hall–Kier alpha value is -1.91. The largest absolute Gasteiger partial charge is 0.347 e. The van der Waals surface area contributed by atoms with Gasteiger partial charge in [-0.05, 0) is 13.3 Å². The summed E-state index contributed by atoms with van der Waals surface area (Å²) in [7, 11) is 3.78. The molecule has 0 aromatic carbocycles. The standard InChI is InChI=1S/C16H24N4O/c1-5-6-8-13-9-7-10-20(13)15(21)14-11-17-16(19(3)4)18-12(14)2/h7,9,11,13H,5-6,8,10H2,1-4H3/t13-/m0/s1. The molecule has 1 aromatic heterocycles. The van der Waals surface area contributed by atoms with Gasteiger partial charge in [-0.2, -0.15) is 0 Å². The lowest BCUT2D eigenvalue weighted by Gasteiger charge is -2.25. The molecule has 0 N–H and O–H groups in total. The van der Waals surface area contributed by atoms with Crippen LogP contribution < -0.4 is 4.90 Å². The predicted molar refractivity (Wildman–Crippen MR) is 84.6 cm³/mol. The highest BCUT2D eigenvalue weighted by atomic mass is 16.2.